The van der Waals surface area contributed by atoms with E-state index in [1.807, 2.05) is 0 Å². The van der Waals surface area contributed by atoms with Crippen LogP contribution in [0.3, 0.4) is 0 Å². The maximum atomic E-state index is 9.79. The first-order valence-corrected chi connectivity index (χ1v) is 5.97. The molecular weight excluding hydrogens is 176 g/mol. The van der Waals surface area contributed by atoms with Crippen LogP contribution in [0.2, 0.25) is 0 Å². The van der Waals surface area contributed by atoms with E-state index in [0.29, 0.717) is 6.04 Å². The van der Waals surface area contributed by atoms with Gasteiger partial charge < -0.3 is 10.4 Å². The average Bonchev–Trinajstić information content (AvgIpc) is 2.75. The van der Waals surface area contributed by atoms with Crippen LogP contribution in [0.15, 0.2) is 0 Å². The first kappa shape index (κ1) is 9.13. The van der Waals surface area contributed by atoms with Gasteiger partial charge in [0.05, 0.1) is 6.10 Å². The summed E-state index contributed by atoms with van der Waals surface area (Å²) in [5, 5.41) is 13.1. The molecule has 3 nitrogen and oxygen atoms in total. The Morgan fingerprint density at radius 1 is 1.07 bits per heavy atom. The number of aliphatic hydroxyl groups is 1. The number of likely N-dealkylation sites (tertiary alicyclic amines) is 1. The van der Waals surface area contributed by atoms with Crippen LogP contribution >= 0.6 is 0 Å². The normalized spacial score (nSPS) is 44.8. The van der Waals surface area contributed by atoms with Crippen molar-refractivity contribution in [3.63, 3.8) is 0 Å². The van der Waals surface area contributed by atoms with Crippen molar-refractivity contribution in [2.75, 3.05) is 26.2 Å². The molecule has 2 saturated heterocycles. The molecule has 0 amide bonds. The van der Waals surface area contributed by atoms with E-state index in [1.54, 1.807) is 0 Å². The van der Waals surface area contributed by atoms with E-state index in [-0.39, 0.29) is 6.10 Å². The van der Waals surface area contributed by atoms with Gasteiger partial charge in [0, 0.05) is 25.7 Å². The molecule has 0 aromatic heterocycles. The average molecular weight is 196 g/mol. The number of hydrogen-bond acceptors (Lipinski definition) is 3. The van der Waals surface area contributed by atoms with E-state index in [0.717, 1.165) is 24.9 Å². The summed E-state index contributed by atoms with van der Waals surface area (Å²) in [5.74, 6) is 1.98. The molecule has 3 atom stereocenters. The standard InChI is InChI=1S/C11H20N2O/c14-11-6-12-5-10(11)13-4-3-9(7-13)8-1-2-8/h8-12,14H,1-7H2. The number of hydrogen-bond donors (Lipinski definition) is 2. The van der Waals surface area contributed by atoms with Crippen molar-refractivity contribution in [1.29, 1.82) is 0 Å². The van der Waals surface area contributed by atoms with E-state index in [4.69, 9.17) is 0 Å². The Balaban J connectivity index is 1.58. The molecule has 80 valence electrons. The van der Waals surface area contributed by atoms with Crippen molar-refractivity contribution in [2.24, 2.45) is 11.8 Å². The summed E-state index contributed by atoms with van der Waals surface area (Å²) in [6.07, 6.45) is 4.16. The molecule has 2 heterocycles. The molecule has 0 aromatic carbocycles. The molecule has 0 radical (unpaired) electrons. The van der Waals surface area contributed by atoms with Crippen molar-refractivity contribution < 1.29 is 5.11 Å². The van der Waals surface area contributed by atoms with Crippen molar-refractivity contribution in [1.82, 2.24) is 10.2 Å². The van der Waals surface area contributed by atoms with Gasteiger partial charge in [-0.1, -0.05) is 0 Å². The molecule has 3 fully saturated rings. The van der Waals surface area contributed by atoms with Crippen LogP contribution in [0, 0.1) is 11.8 Å². The predicted molar refractivity (Wildman–Crippen MR) is 55.1 cm³/mol. The Bertz CT molecular complexity index is 217. The van der Waals surface area contributed by atoms with Crippen molar-refractivity contribution >= 4 is 0 Å². The van der Waals surface area contributed by atoms with Crippen molar-refractivity contribution in [3.05, 3.63) is 0 Å². The topological polar surface area (TPSA) is 35.5 Å². The lowest BCUT2D eigenvalue weighted by molar-refractivity contribution is 0.0955. The van der Waals surface area contributed by atoms with Gasteiger partial charge in [-0.25, -0.2) is 0 Å². The van der Waals surface area contributed by atoms with Gasteiger partial charge in [0.1, 0.15) is 0 Å². The van der Waals surface area contributed by atoms with Crippen LogP contribution in [0.4, 0.5) is 0 Å². The highest BCUT2D eigenvalue weighted by atomic mass is 16.3. The van der Waals surface area contributed by atoms with E-state index in [9.17, 15) is 5.11 Å². The molecular formula is C11H20N2O. The molecule has 3 unspecified atom stereocenters. The number of β-amino-alcohol motifs (C(OH)–C–C–N with tert-alkyl or cyclic N) is 1. The summed E-state index contributed by atoms with van der Waals surface area (Å²) in [6.45, 7) is 4.23. The van der Waals surface area contributed by atoms with Gasteiger partial charge in [0.15, 0.2) is 0 Å². The Morgan fingerprint density at radius 2 is 1.93 bits per heavy atom. The highest BCUT2D eigenvalue weighted by molar-refractivity contribution is 4.95. The van der Waals surface area contributed by atoms with E-state index in [1.165, 1.54) is 32.4 Å². The number of nitrogens with one attached hydrogen (secondary N) is 1. The molecule has 2 N–H and O–H groups in total. The van der Waals surface area contributed by atoms with Crippen LogP contribution in [-0.4, -0.2) is 48.3 Å². The molecule has 0 aromatic rings. The van der Waals surface area contributed by atoms with Gasteiger partial charge in [-0.3, -0.25) is 4.90 Å². The molecule has 3 aliphatic rings. The number of aliphatic hydroxyl groups excluding tert-OH is 1. The summed E-state index contributed by atoms with van der Waals surface area (Å²) in [6, 6.07) is 0.402. The van der Waals surface area contributed by atoms with Crippen LogP contribution in [-0.2, 0) is 0 Å². The molecule has 14 heavy (non-hydrogen) atoms. The number of nitrogens with zero attached hydrogens (tertiary/aromatic N) is 1. The maximum Gasteiger partial charge on any atom is 0.0831 e. The third-order valence-electron chi connectivity index (χ3n) is 4.16. The number of rotatable bonds is 2. The fourth-order valence-electron chi connectivity index (χ4n) is 3.09. The van der Waals surface area contributed by atoms with Gasteiger partial charge in [-0.2, -0.15) is 0 Å². The quantitative estimate of drug-likeness (QED) is 0.655. The zero-order valence-corrected chi connectivity index (χ0v) is 8.65. The Kier molecular flexibility index (Phi) is 2.26. The Hall–Kier alpha value is -0.120. The van der Waals surface area contributed by atoms with Crippen molar-refractivity contribution in [2.45, 2.75) is 31.4 Å². The van der Waals surface area contributed by atoms with Gasteiger partial charge in [-0.15, -0.1) is 0 Å². The first-order chi connectivity index (χ1) is 6.84. The zero-order chi connectivity index (χ0) is 9.54. The van der Waals surface area contributed by atoms with Crippen LogP contribution in [0.1, 0.15) is 19.3 Å². The van der Waals surface area contributed by atoms with E-state index in [2.05, 4.69) is 10.2 Å². The third kappa shape index (κ3) is 1.58. The van der Waals surface area contributed by atoms with Gasteiger partial charge in [0.2, 0.25) is 0 Å². The van der Waals surface area contributed by atoms with Crippen molar-refractivity contribution in [3.8, 4) is 0 Å². The maximum absolute atomic E-state index is 9.79. The minimum absolute atomic E-state index is 0.132. The van der Waals surface area contributed by atoms with E-state index >= 15 is 0 Å². The largest absolute Gasteiger partial charge is 0.390 e. The van der Waals surface area contributed by atoms with Crippen LogP contribution < -0.4 is 5.32 Å². The SMILES string of the molecule is OC1CNCC1N1CCC(C2CC2)C1. The van der Waals surface area contributed by atoms with Crippen LogP contribution in [0.25, 0.3) is 0 Å². The van der Waals surface area contributed by atoms with Crippen LogP contribution in [0.5, 0.6) is 0 Å². The lowest BCUT2D eigenvalue weighted by Crippen LogP contribution is -2.41. The fraction of sp³-hybridized carbons (Fsp3) is 1.00. The molecule has 0 spiro atoms. The molecule has 1 aliphatic carbocycles. The molecule has 0 bridgehead atoms. The molecule has 1 saturated carbocycles. The molecule has 3 heteroatoms. The highest BCUT2D eigenvalue weighted by Gasteiger charge is 2.40. The highest BCUT2D eigenvalue weighted by Crippen LogP contribution is 2.41. The third-order valence-corrected chi connectivity index (χ3v) is 4.16. The lowest BCUT2D eigenvalue weighted by atomic mass is 10.0. The Labute approximate surface area is 85.5 Å². The van der Waals surface area contributed by atoms with E-state index < -0.39 is 0 Å². The van der Waals surface area contributed by atoms with Gasteiger partial charge in [0.25, 0.3) is 0 Å². The summed E-state index contributed by atoms with van der Waals surface area (Å²) >= 11 is 0. The second-order valence-electron chi connectivity index (χ2n) is 5.17. The predicted octanol–water partition coefficient (Wildman–Crippen LogP) is 0.0510. The summed E-state index contributed by atoms with van der Waals surface area (Å²) in [7, 11) is 0. The van der Waals surface area contributed by atoms with Gasteiger partial charge in [-0.05, 0) is 37.6 Å². The monoisotopic (exact) mass is 196 g/mol. The van der Waals surface area contributed by atoms with Gasteiger partial charge >= 0.3 is 0 Å². The fourth-order valence-corrected chi connectivity index (χ4v) is 3.09. The molecule has 3 rings (SSSR count). The zero-order valence-electron chi connectivity index (χ0n) is 8.65. The molecule has 2 aliphatic heterocycles. The minimum Gasteiger partial charge on any atom is -0.390 e. The minimum atomic E-state index is -0.132. The summed E-state index contributed by atoms with van der Waals surface area (Å²) < 4.78 is 0. The first-order valence-electron chi connectivity index (χ1n) is 5.97. The Morgan fingerprint density at radius 3 is 2.57 bits per heavy atom. The second-order valence-corrected chi connectivity index (χ2v) is 5.17. The summed E-state index contributed by atoms with van der Waals surface area (Å²) in [4.78, 5) is 2.51. The second kappa shape index (κ2) is 3.47. The smallest absolute Gasteiger partial charge is 0.0831 e. The lowest BCUT2D eigenvalue weighted by Gasteiger charge is -2.25. The summed E-state index contributed by atoms with van der Waals surface area (Å²) in [5.41, 5.74) is 0.